The van der Waals surface area contributed by atoms with E-state index in [1.54, 1.807) is 12.1 Å². The highest BCUT2D eigenvalue weighted by Gasteiger charge is 2.19. The molecule has 1 unspecified atom stereocenters. The van der Waals surface area contributed by atoms with Crippen LogP contribution in [0.15, 0.2) is 18.2 Å². The van der Waals surface area contributed by atoms with Gasteiger partial charge in [-0.15, -0.1) is 0 Å². The van der Waals surface area contributed by atoms with Crippen molar-refractivity contribution in [2.45, 2.75) is 32.4 Å². The van der Waals surface area contributed by atoms with Gasteiger partial charge in [0, 0.05) is 11.6 Å². The number of rotatable bonds is 6. The molecule has 5 nitrogen and oxygen atoms in total. The lowest BCUT2D eigenvalue weighted by Gasteiger charge is -2.22. The van der Waals surface area contributed by atoms with E-state index in [1.165, 1.54) is 6.07 Å². The Kier molecular flexibility index (Phi) is 5.07. The predicted octanol–water partition coefficient (Wildman–Crippen LogP) is 2.89. The lowest BCUT2D eigenvalue weighted by atomic mass is 10.0. The van der Waals surface area contributed by atoms with Crippen molar-refractivity contribution in [3.8, 4) is 0 Å². The van der Waals surface area contributed by atoms with Gasteiger partial charge in [0.05, 0.1) is 28.7 Å². The fourth-order valence-electron chi connectivity index (χ4n) is 1.35. The van der Waals surface area contributed by atoms with E-state index in [4.69, 9.17) is 22.1 Å². The fraction of sp³-hybridized carbons (Fsp3) is 0.500. The Labute approximate surface area is 111 Å². The highest BCUT2D eigenvalue weighted by Crippen LogP contribution is 2.27. The van der Waals surface area contributed by atoms with Gasteiger partial charge in [-0.05, 0) is 19.4 Å². The van der Waals surface area contributed by atoms with Gasteiger partial charge in [0.25, 0.3) is 5.69 Å². The van der Waals surface area contributed by atoms with Crippen LogP contribution in [-0.2, 0) is 11.3 Å². The molecule has 18 heavy (non-hydrogen) atoms. The SMILES string of the molecule is CCC(C)(N)COCc1c(Cl)cccc1[N+](=O)[O-]. The number of halogens is 1. The molecule has 0 aliphatic rings. The van der Waals surface area contributed by atoms with Crippen molar-refractivity contribution in [2.24, 2.45) is 5.73 Å². The van der Waals surface area contributed by atoms with Crippen molar-refractivity contribution in [2.75, 3.05) is 6.61 Å². The first-order chi connectivity index (χ1) is 8.37. The zero-order valence-corrected chi connectivity index (χ0v) is 11.2. The van der Waals surface area contributed by atoms with Crippen LogP contribution in [0.25, 0.3) is 0 Å². The van der Waals surface area contributed by atoms with E-state index >= 15 is 0 Å². The van der Waals surface area contributed by atoms with E-state index in [0.29, 0.717) is 17.2 Å². The van der Waals surface area contributed by atoms with Crippen molar-refractivity contribution in [3.63, 3.8) is 0 Å². The summed E-state index contributed by atoms with van der Waals surface area (Å²) in [5.41, 5.74) is 5.85. The normalized spacial score (nSPS) is 14.2. The molecule has 0 amide bonds. The summed E-state index contributed by atoms with van der Waals surface area (Å²) in [5.74, 6) is 0. The summed E-state index contributed by atoms with van der Waals surface area (Å²) in [4.78, 5) is 10.4. The molecule has 1 aromatic rings. The third kappa shape index (κ3) is 3.94. The van der Waals surface area contributed by atoms with Gasteiger partial charge in [-0.1, -0.05) is 24.6 Å². The Balaban J connectivity index is 2.76. The summed E-state index contributed by atoms with van der Waals surface area (Å²) in [6.45, 7) is 4.24. The van der Waals surface area contributed by atoms with Gasteiger partial charge in [-0.2, -0.15) is 0 Å². The molecule has 0 bridgehead atoms. The largest absolute Gasteiger partial charge is 0.375 e. The first-order valence-electron chi connectivity index (χ1n) is 5.66. The number of nitrogens with two attached hydrogens (primary N) is 1. The molecule has 1 rings (SSSR count). The van der Waals surface area contributed by atoms with E-state index in [2.05, 4.69) is 0 Å². The van der Waals surface area contributed by atoms with E-state index in [0.717, 1.165) is 6.42 Å². The fourth-order valence-corrected chi connectivity index (χ4v) is 1.57. The van der Waals surface area contributed by atoms with Crippen molar-refractivity contribution < 1.29 is 9.66 Å². The molecular weight excluding hydrogens is 256 g/mol. The molecular formula is C12H17ClN2O3. The Morgan fingerprint density at radius 2 is 2.22 bits per heavy atom. The molecule has 0 heterocycles. The van der Waals surface area contributed by atoms with Gasteiger partial charge in [-0.25, -0.2) is 0 Å². The molecule has 0 spiro atoms. The van der Waals surface area contributed by atoms with Gasteiger partial charge in [0.1, 0.15) is 0 Å². The quantitative estimate of drug-likeness (QED) is 0.638. The highest BCUT2D eigenvalue weighted by atomic mass is 35.5. The van der Waals surface area contributed by atoms with Crippen LogP contribution in [0, 0.1) is 10.1 Å². The number of nitrogens with zero attached hydrogens (tertiary/aromatic N) is 1. The van der Waals surface area contributed by atoms with Crippen LogP contribution in [0.2, 0.25) is 5.02 Å². The van der Waals surface area contributed by atoms with Crippen LogP contribution in [0.5, 0.6) is 0 Å². The molecule has 0 saturated carbocycles. The Morgan fingerprint density at radius 1 is 1.56 bits per heavy atom. The summed E-state index contributed by atoms with van der Waals surface area (Å²) in [5, 5.41) is 11.2. The van der Waals surface area contributed by atoms with Gasteiger partial charge in [-0.3, -0.25) is 10.1 Å². The first kappa shape index (κ1) is 14.9. The second-order valence-corrected chi connectivity index (χ2v) is 4.90. The Bertz CT molecular complexity index is 435. The average Bonchev–Trinajstić information content (AvgIpc) is 2.30. The molecule has 0 aliphatic heterocycles. The topological polar surface area (TPSA) is 78.4 Å². The van der Waals surface area contributed by atoms with Gasteiger partial charge in [0.15, 0.2) is 0 Å². The van der Waals surface area contributed by atoms with E-state index < -0.39 is 10.5 Å². The zero-order chi connectivity index (χ0) is 13.8. The molecule has 0 saturated heterocycles. The van der Waals surface area contributed by atoms with E-state index in [9.17, 15) is 10.1 Å². The average molecular weight is 273 g/mol. The molecule has 1 atom stereocenters. The van der Waals surface area contributed by atoms with Crippen LogP contribution in [0.4, 0.5) is 5.69 Å². The number of ether oxygens (including phenoxy) is 1. The second-order valence-electron chi connectivity index (χ2n) is 4.50. The molecule has 6 heteroatoms. The molecule has 2 N–H and O–H groups in total. The standard InChI is InChI=1S/C12H17ClN2O3/c1-3-12(2,14)8-18-7-9-10(13)5-4-6-11(9)15(16)17/h4-6H,3,7-8,14H2,1-2H3. The number of benzene rings is 1. The number of nitro benzene ring substituents is 1. The summed E-state index contributed by atoms with van der Waals surface area (Å²) in [6.07, 6.45) is 0.762. The van der Waals surface area contributed by atoms with Crippen molar-refractivity contribution in [1.29, 1.82) is 0 Å². The first-order valence-corrected chi connectivity index (χ1v) is 6.03. The van der Waals surface area contributed by atoms with Crippen molar-refractivity contribution >= 4 is 17.3 Å². The van der Waals surface area contributed by atoms with Crippen LogP contribution < -0.4 is 5.73 Å². The maximum atomic E-state index is 10.9. The van der Waals surface area contributed by atoms with Crippen LogP contribution >= 0.6 is 11.6 Å². The third-order valence-corrected chi connectivity index (χ3v) is 3.13. The lowest BCUT2D eigenvalue weighted by molar-refractivity contribution is -0.385. The summed E-state index contributed by atoms with van der Waals surface area (Å²) < 4.78 is 5.43. The third-order valence-electron chi connectivity index (χ3n) is 2.78. The van der Waals surface area contributed by atoms with Crippen LogP contribution in [-0.4, -0.2) is 17.1 Å². The van der Waals surface area contributed by atoms with Gasteiger partial charge >= 0.3 is 0 Å². The molecule has 0 aliphatic carbocycles. The maximum Gasteiger partial charge on any atom is 0.276 e. The predicted molar refractivity (Wildman–Crippen MR) is 70.6 cm³/mol. The summed E-state index contributed by atoms with van der Waals surface area (Å²) >= 11 is 5.94. The molecule has 0 radical (unpaired) electrons. The maximum absolute atomic E-state index is 10.9. The molecule has 0 fully saturated rings. The summed E-state index contributed by atoms with van der Waals surface area (Å²) in [6, 6.07) is 4.56. The monoisotopic (exact) mass is 272 g/mol. The minimum Gasteiger partial charge on any atom is -0.375 e. The second kappa shape index (κ2) is 6.13. The van der Waals surface area contributed by atoms with Crippen molar-refractivity contribution in [3.05, 3.63) is 38.9 Å². The Hall–Kier alpha value is -1.17. The molecule has 0 aromatic heterocycles. The van der Waals surface area contributed by atoms with Crippen LogP contribution in [0.3, 0.4) is 0 Å². The van der Waals surface area contributed by atoms with Gasteiger partial charge in [0.2, 0.25) is 0 Å². The number of hydrogen-bond donors (Lipinski definition) is 1. The van der Waals surface area contributed by atoms with Crippen molar-refractivity contribution in [1.82, 2.24) is 0 Å². The smallest absolute Gasteiger partial charge is 0.276 e. The Morgan fingerprint density at radius 3 is 2.78 bits per heavy atom. The minimum absolute atomic E-state index is 0.0299. The van der Waals surface area contributed by atoms with Gasteiger partial charge < -0.3 is 10.5 Å². The van der Waals surface area contributed by atoms with E-state index in [-0.39, 0.29) is 12.3 Å². The van der Waals surface area contributed by atoms with Crippen LogP contribution in [0.1, 0.15) is 25.8 Å². The molecule has 1 aromatic carbocycles. The minimum atomic E-state index is -0.466. The van der Waals surface area contributed by atoms with E-state index in [1.807, 2.05) is 13.8 Å². The number of nitro groups is 1. The summed E-state index contributed by atoms with van der Waals surface area (Å²) in [7, 11) is 0. The highest BCUT2D eigenvalue weighted by molar-refractivity contribution is 6.31. The zero-order valence-electron chi connectivity index (χ0n) is 10.5. The lowest BCUT2D eigenvalue weighted by Crippen LogP contribution is -2.40. The molecule has 100 valence electrons. The number of hydrogen-bond acceptors (Lipinski definition) is 4.